The lowest BCUT2D eigenvalue weighted by atomic mass is 10.1. The van der Waals surface area contributed by atoms with Crippen molar-refractivity contribution in [1.82, 2.24) is 9.78 Å². The Morgan fingerprint density at radius 3 is 2.50 bits per heavy atom. The number of nitrogens with one attached hydrogen (secondary N) is 1. The maximum absolute atomic E-state index is 14.1. The second kappa shape index (κ2) is 6.53. The van der Waals surface area contributed by atoms with Gasteiger partial charge in [0.25, 0.3) is 0 Å². The number of aryl methyl sites for hydroxylation is 2. The Kier molecular flexibility index (Phi) is 4.60. The summed E-state index contributed by atoms with van der Waals surface area (Å²) < 4.78 is 30.1. The summed E-state index contributed by atoms with van der Waals surface area (Å²) in [6.45, 7) is 1.79. The number of rotatable bonds is 3. The van der Waals surface area contributed by atoms with Crippen molar-refractivity contribution >= 4 is 39.0 Å². The van der Waals surface area contributed by atoms with E-state index in [1.54, 1.807) is 42.9 Å². The summed E-state index contributed by atoms with van der Waals surface area (Å²) in [6, 6.07) is 9.25. The van der Waals surface area contributed by atoms with E-state index in [0.29, 0.717) is 27.1 Å². The molecule has 3 rings (SSSR count). The Labute approximate surface area is 151 Å². The number of aromatic nitrogens is 2. The molecule has 0 bridgehead atoms. The van der Waals surface area contributed by atoms with Crippen LogP contribution in [0.2, 0.25) is 5.02 Å². The fourth-order valence-electron chi connectivity index (χ4n) is 2.56. The minimum absolute atomic E-state index is 0.00393. The normalized spacial score (nSPS) is 10.9. The lowest BCUT2D eigenvalue weighted by Gasteiger charge is -2.13. The van der Waals surface area contributed by atoms with Crippen LogP contribution >= 0.6 is 27.5 Å². The van der Waals surface area contributed by atoms with Gasteiger partial charge in [0, 0.05) is 22.6 Å². The molecule has 0 aliphatic carbocycles. The van der Waals surface area contributed by atoms with Gasteiger partial charge in [-0.15, -0.1) is 0 Å². The van der Waals surface area contributed by atoms with E-state index < -0.39 is 11.6 Å². The van der Waals surface area contributed by atoms with Gasteiger partial charge in [-0.25, -0.2) is 8.78 Å². The van der Waals surface area contributed by atoms with Gasteiger partial charge in [0.2, 0.25) is 0 Å². The first kappa shape index (κ1) is 16.9. The van der Waals surface area contributed by atoms with Gasteiger partial charge >= 0.3 is 0 Å². The summed E-state index contributed by atoms with van der Waals surface area (Å²) in [5.74, 6) is -0.416. The molecule has 0 amide bonds. The monoisotopic (exact) mass is 411 g/mol. The Morgan fingerprint density at radius 2 is 1.79 bits per heavy atom. The van der Waals surface area contributed by atoms with E-state index in [9.17, 15) is 8.78 Å². The highest BCUT2D eigenvalue weighted by Gasteiger charge is 2.20. The molecule has 1 aromatic heterocycles. The van der Waals surface area contributed by atoms with Gasteiger partial charge in [0.1, 0.15) is 17.5 Å². The zero-order chi connectivity index (χ0) is 17.4. The van der Waals surface area contributed by atoms with E-state index in [4.69, 9.17) is 11.6 Å². The quantitative estimate of drug-likeness (QED) is 0.586. The molecule has 2 aromatic carbocycles. The summed E-state index contributed by atoms with van der Waals surface area (Å²) in [4.78, 5) is 0. The lowest BCUT2D eigenvalue weighted by molar-refractivity contribution is 0.628. The Balaban J connectivity index is 2.18. The summed E-state index contributed by atoms with van der Waals surface area (Å²) in [6.07, 6.45) is 0. The molecular weight excluding hydrogens is 400 g/mol. The van der Waals surface area contributed by atoms with E-state index in [2.05, 4.69) is 26.3 Å². The average molecular weight is 413 g/mol. The molecule has 3 aromatic rings. The van der Waals surface area contributed by atoms with Crippen molar-refractivity contribution in [3.63, 3.8) is 0 Å². The minimum atomic E-state index is -0.518. The molecule has 0 radical (unpaired) electrons. The smallest absolute Gasteiger partial charge is 0.147 e. The van der Waals surface area contributed by atoms with Gasteiger partial charge in [0.15, 0.2) is 0 Å². The van der Waals surface area contributed by atoms with E-state index in [-0.39, 0.29) is 10.7 Å². The first-order valence-electron chi connectivity index (χ1n) is 7.09. The zero-order valence-electron chi connectivity index (χ0n) is 12.9. The van der Waals surface area contributed by atoms with Crippen molar-refractivity contribution in [1.29, 1.82) is 0 Å². The lowest BCUT2D eigenvalue weighted by Crippen LogP contribution is -2.02. The van der Waals surface area contributed by atoms with Crippen LogP contribution in [0.15, 0.2) is 40.9 Å². The van der Waals surface area contributed by atoms with Crippen LogP contribution in [-0.2, 0) is 7.05 Å². The fourth-order valence-corrected chi connectivity index (χ4v) is 3.22. The van der Waals surface area contributed by atoms with Gasteiger partial charge in [0.05, 0.1) is 16.4 Å². The first-order chi connectivity index (χ1) is 11.4. The molecule has 0 aliphatic heterocycles. The number of halogens is 4. The van der Waals surface area contributed by atoms with Crippen molar-refractivity contribution in [2.45, 2.75) is 6.92 Å². The summed E-state index contributed by atoms with van der Waals surface area (Å²) >= 11 is 9.45. The molecule has 0 atom stereocenters. The highest BCUT2D eigenvalue weighted by Crippen LogP contribution is 2.39. The van der Waals surface area contributed by atoms with Gasteiger partial charge in [-0.05, 0) is 41.1 Å². The van der Waals surface area contributed by atoms with Crippen molar-refractivity contribution in [2.75, 3.05) is 5.32 Å². The summed E-state index contributed by atoms with van der Waals surface area (Å²) in [5.41, 5.74) is 2.05. The molecule has 0 saturated heterocycles. The molecule has 0 aliphatic rings. The molecule has 7 heteroatoms. The molecule has 0 saturated carbocycles. The van der Waals surface area contributed by atoms with Gasteiger partial charge in [-0.3, -0.25) is 4.68 Å². The van der Waals surface area contributed by atoms with Gasteiger partial charge in [-0.2, -0.15) is 5.10 Å². The van der Waals surface area contributed by atoms with E-state index in [1.165, 1.54) is 12.1 Å². The van der Waals surface area contributed by atoms with Crippen molar-refractivity contribution in [2.24, 2.45) is 7.05 Å². The number of hydrogen-bond acceptors (Lipinski definition) is 2. The molecule has 24 heavy (non-hydrogen) atoms. The Morgan fingerprint density at radius 1 is 1.12 bits per heavy atom. The highest BCUT2D eigenvalue weighted by atomic mass is 79.9. The van der Waals surface area contributed by atoms with Crippen LogP contribution < -0.4 is 5.32 Å². The van der Waals surface area contributed by atoms with Crippen LogP contribution in [0.1, 0.15) is 5.69 Å². The van der Waals surface area contributed by atoms with Crippen LogP contribution in [-0.4, -0.2) is 9.78 Å². The highest BCUT2D eigenvalue weighted by molar-refractivity contribution is 9.10. The number of anilines is 2. The predicted octanol–water partition coefficient (Wildman–Crippen LogP) is 5.83. The molecule has 0 spiro atoms. The molecule has 0 fully saturated rings. The molecule has 124 valence electrons. The topological polar surface area (TPSA) is 29.9 Å². The molecule has 3 nitrogen and oxygen atoms in total. The van der Waals surface area contributed by atoms with E-state index in [0.717, 1.165) is 0 Å². The molecule has 0 unspecified atom stereocenters. The standard InChI is InChI=1S/C17H13BrClF2N3/c1-9-14(10-5-3-7-12(20)15(10)19)17(24(2)23-9)22-16-11(18)6-4-8-13(16)21/h3-8,22H,1-2H3. The average Bonchev–Trinajstić information content (AvgIpc) is 2.80. The van der Waals surface area contributed by atoms with Crippen LogP contribution in [0.3, 0.4) is 0 Å². The Hall–Kier alpha value is -1.92. The number of nitrogens with zero attached hydrogens (tertiary/aromatic N) is 2. The largest absolute Gasteiger partial charge is 0.337 e. The zero-order valence-corrected chi connectivity index (χ0v) is 15.2. The summed E-state index contributed by atoms with van der Waals surface area (Å²) in [7, 11) is 1.72. The third-order valence-electron chi connectivity index (χ3n) is 3.65. The first-order valence-corrected chi connectivity index (χ1v) is 8.26. The van der Waals surface area contributed by atoms with Crippen LogP contribution in [0.4, 0.5) is 20.3 Å². The minimum Gasteiger partial charge on any atom is -0.337 e. The molecule has 1 heterocycles. The van der Waals surface area contributed by atoms with E-state index in [1.807, 2.05) is 0 Å². The molecule has 1 N–H and O–H groups in total. The fraction of sp³-hybridized carbons (Fsp3) is 0.118. The van der Waals surface area contributed by atoms with Gasteiger partial charge < -0.3 is 5.32 Å². The van der Waals surface area contributed by atoms with Crippen molar-refractivity contribution < 1.29 is 8.78 Å². The summed E-state index contributed by atoms with van der Waals surface area (Å²) in [5, 5.41) is 7.39. The van der Waals surface area contributed by atoms with Crippen molar-refractivity contribution in [3.05, 3.63) is 63.2 Å². The third-order valence-corrected chi connectivity index (χ3v) is 4.69. The van der Waals surface area contributed by atoms with Crippen molar-refractivity contribution in [3.8, 4) is 11.1 Å². The number of benzene rings is 2. The Bertz CT molecular complexity index is 904. The third kappa shape index (κ3) is 2.91. The van der Waals surface area contributed by atoms with Gasteiger partial charge in [-0.1, -0.05) is 29.8 Å². The SMILES string of the molecule is Cc1nn(C)c(Nc2c(F)cccc2Br)c1-c1cccc(F)c1Cl. The molecular formula is C17H13BrClF2N3. The maximum atomic E-state index is 14.1. The van der Waals surface area contributed by atoms with Crippen LogP contribution in [0, 0.1) is 18.6 Å². The van der Waals surface area contributed by atoms with Crippen LogP contribution in [0.25, 0.3) is 11.1 Å². The number of para-hydroxylation sites is 1. The second-order valence-electron chi connectivity index (χ2n) is 5.26. The number of hydrogen-bond donors (Lipinski definition) is 1. The maximum Gasteiger partial charge on any atom is 0.147 e. The second-order valence-corrected chi connectivity index (χ2v) is 6.49. The van der Waals surface area contributed by atoms with Crippen LogP contribution in [0.5, 0.6) is 0 Å². The van der Waals surface area contributed by atoms with E-state index >= 15 is 0 Å². The predicted molar refractivity (Wildman–Crippen MR) is 95.7 cm³/mol.